The maximum Gasteiger partial charge on any atom is 0.0156 e. The van der Waals surface area contributed by atoms with Gasteiger partial charge in [0.15, 0.2) is 0 Å². The number of rotatable bonds is 2. The lowest BCUT2D eigenvalue weighted by molar-refractivity contribution is 0.0801. The summed E-state index contributed by atoms with van der Waals surface area (Å²) in [5.74, 6) is 2.78. The van der Waals surface area contributed by atoms with Crippen molar-refractivity contribution >= 4 is 0 Å². The molecule has 0 radical (unpaired) electrons. The van der Waals surface area contributed by atoms with Gasteiger partial charge in [0.1, 0.15) is 0 Å². The van der Waals surface area contributed by atoms with E-state index in [-0.39, 0.29) is 0 Å². The molecule has 3 saturated heterocycles. The number of likely N-dealkylation sites (tertiary alicyclic amines) is 1. The molecule has 0 aromatic carbocycles. The molecule has 15 heavy (non-hydrogen) atoms. The second-order valence-electron chi connectivity index (χ2n) is 6.38. The van der Waals surface area contributed by atoms with E-state index in [0.29, 0.717) is 0 Å². The summed E-state index contributed by atoms with van der Waals surface area (Å²) in [6, 6.07) is 2.51. The topological polar surface area (TPSA) is 15.3 Å². The van der Waals surface area contributed by atoms with Crippen LogP contribution < -0.4 is 5.32 Å². The van der Waals surface area contributed by atoms with Gasteiger partial charge in [-0.1, -0.05) is 13.8 Å². The average Bonchev–Trinajstić information content (AvgIpc) is 2.38. The Labute approximate surface area is 93.4 Å². The smallest absolute Gasteiger partial charge is 0.0156 e. The summed E-state index contributed by atoms with van der Waals surface area (Å²) in [6.45, 7) is 9.80. The molecular weight excluding hydrogens is 184 g/mol. The molecule has 2 nitrogen and oxygen atoms in total. The summed E-state index contributed by atoms with van der Waals surface area (Å²) >= 11 is 0. The van der Waals surface area contributed by atoms with Crippen molar-refractivity contribution in [3.8, 4) is 0 Å². The highest BCUT2D eigenvalue weighted by molar-refractivity contribution is 5.08. The van der Waals surface area contributed by atoms with Crippen molar-refractivity contribution < 1.29 is 0 Å². The predicted molar refractivity (Wildman–Crippen MR) is 62.8 cm³/mol. The fourth-order valence-electron chi connectivity index (χ4n) is 4.45. The van der Waals surface area contributed by atoms with Crippen molar-refractivity contribution in [2.75, 3.05) is 13.1 Å². The van der Waals surface area contributed by atoms with Crippen LogP contribution in [0.1, 0.15) is 33.6 Å². The summed E-state index contributed by atoms with van der Waals surface area (Å²) in [6.07, 6.45) is 2.86. The van der Waals surface area contributed by atoms with Gasteiger partial charge in [-0.2, -0.15) is 0 Å². The van der Waals surface area contributed by atoms with Gasteiger partial charge >= 0.3 is 0 Å². The number of fused-ring (bicyclic) bond motifs is 1. The summed E-state index contributed by atoms with van der Waals surface area (Å²) < 4.78 is 0. The van der Waals surface area contributed by atoms with Gasteiger partial charge in [0, 0.05) is 31.2 Å². The Morgan fingerprint density at radius 1 is 1.33 bits per heavy atom. The van der Waals surface area contributed by atoms with Gasteiger partial charge in [0.25, 0.3) is 0 Å². The monoisotopic (exact) mass is 208 g/mol. The zero-order chi connectivity index (χ0) is 10.6. The van der Waals surface area contributed by atoms with E-state index >= 15 is 0 Å². The van der Waals surface area contributed by atoms with Gasteiger partial charge in [-0.3, -0.25) is 4.90 Å². The molecule has 1 N–H and O–H groups in total. The molecule has 0 aromatic heterocycles. The molecule has 1 saturated carbocycles. The van der Waals surface area contributed by atoms with Gasteiger partial charge in [-0.25, -0.2) is 0 Å². The summed E-state index contributed by atoms with van der Waals surface area (Å²) in [5, 5.41) is 3.76. The molecule has 0 aromatic rings. The maximum atomic E-state index is 3.76. The highest BCUT2D eigenvalue weighted by atomic mass is 15.2. The summed E-state index contributed by atoms with van der Waals surface area (Å²) in [7, 11) is 0. The predicted octanol–water partition coefficient (Wildman–Crippen LogP) is 1.71. The first-order chi connectivity index (χ1) is 7.15. The second kappa shape index (κ2) is 3.46. The maximum absolute atomic E-state index is 3.76. The first-order valence-electron chi connectivity index (χ1n) is 6.65. The molecule has 1 aliphatic carbocycles. The second-order valence-corrected chi connectivity index (χ2v) is 6.38. The van der Waals surface area contributed by atoms with Crippen LogP contribution in [-0.4, -0.2) is 36.1 Å². The molecule has 2 heteroatoms. The zero-order valence-electron chi connectivity index (χ0n) is 10.2. The number of hydrogen-bond donors (Lipinski definition) is 1. The fraction of sp³-hybridized carbons (Fsp3) is 1.00. The van der Waals surface area contributed by atoms with Crippen LogP contribution >= 0.6 is 0 Å². The number of hydrogen-bond acceptors (Lipinski definition) is 2. The largest absolute Gasteiger partial charge is 0.311 e. The van der Waals surface area contributed by atoms with Crippen LogP contribution in [0.2, 0.25) is 0 Å². The first kappa shape index (κ1) is 10.1. The van der Waals surface area contributed by atoms with Crippen LogP contribution in [0.3, 0.4) is 0 Å². The molecule has 0 amide bonds. The van der Waals surface area contributed by atoms with Crippen molar-refractivity contribution in [1.82, 2.24) is 10.2 Å². The van der Waals surface area contributed by atoms with E-state index in [9.17, 15) is 0 Å². The van der Waals surface area contributed by atoms with E-state index in [1.165, 1.54) is 25.9 Å². The third-order valence-electron chi connectivity index (χ3n) is 4.72. The van der Waals surface area contributed by atoms with Crippen molar-refractivity contribution in [2.45, 2.75) is 51.7 Å². The Balaban J connectivity index is 1.77. The number of nitrogens with one attached hydrogen (secondary N) is 1. The van der Waals surface area contributed by atoms with Gasteiger partial charge in [0.05, 0.1) is 0 Å². The molecule has 5 atom stereocenters. The van der Waals surface area contributed by atoms with Crippen LogP contribution in [0.25, 0.3) is 0 Å². The van der Waals surface area contributed by atoms with Gasteiger partial charge in [-0.05, 0) is 37.5 Å². The van der Waals surface area contributed by atoms with Crippen LogP contribution in [0.4, 0.5) is 0 Å². The highest BCUT2D eigenvalue weighted by Crippen LogP contribution is 2.46. The average molecular weight is 208 g/mol. The van der Waals surface area contributed by atoms with Crippen molar-refractivity contribution in [2.24, 2.45) is 17.8 Å². The number of piperidine rings is 2. The Morgan fingerprint density at radius 2 is 2.13 bits per heavy atom. The standard InChI is InChI=1S/C13H24N2/c1-8(2)6-15-7-10-4-11-5-12(15)13(10)9(3)14-11/h8-14H,4-7H2,1-3H3. The molecule has 4 rings (SSSR count). The van der Waals surface area contributed by atoms with Crippen LogP contribution in [-0.2, 0) is 0 Å². The molecular formula is C13H24N2. The SMILES string of the molecule is CC(C)CN1CC2CC3CC1C2C(C)N3. The minimum absolute atomic E-state index is 0.768. The van der Waals surface area contributed by atoms with E-state index in [1.807, 2.05) is 0 Å². The van der Waals surface area contributed by atoms with Gasteiger partial charge in [-0.15, -0.1) is 0 Å². The van der Waals surface area contributed by atoms with Crippen molar-refractivity contribution in [1.29, 1.82) is 0 Å². The minimum Gasteiger partial charge on any atom is -0.311 e. The van der Waals surface area contributed by atoms with E-state index in [1.54, 1.807) is 0 Å². The van der Waals surface area contributed by atoms with E-state index in [0.717, 1.165) is 35.9 Å². The Kier molecular flexibility index (Phi) is 2.33. The quantitative estimate of drug-likeness (QED) is 0.743. The lowest BCUT2D eigenvalue weighted by Crippen LogP contribution is -2.59. The van der Waals surface area contributed by atoms with Crippen LogP contribution in [0.5, 0.6) is 0 Å². The molecule has 86 valence electrons. The van der Waals surface area contributed by atoms with E-state index in [2.05, 4.69) is 31.0 Å². The molecule has 4 aliphatic rings. The van der Waals surface area contributed by atoms with Crippen molar-refractivity contribution in [3.05, 3.63) is 0 Å². The van der Waals surface area contributed by atoms with Crippen molar-refractivity contribution in [3.63, 3.8) is 0 Å². The molecule has 0 spiro atoms. The zero-order valence-corrected chi connectivity index (χ0v) is 10.2. The Hall–Kier alpha value is -0.0800. The lowest BCUT2D eigenvalue weighted by Gasteiger charge is -2.47. The lowest BCUT2D eigenvalue weighted by atomic mass is 9.69. The minimum atomic E-state index is 0.768. The van der Waals surface area contributed by atoms with Gasteiger partial charge in [0.2, 0.25) is 0 Å². The van der Waals surface area contributed by atoms with E-state index < -0.39 is 0 Å². The third kappa shape index (κ3) is 1.53. The molecule has 5 unspecified atom stereocenters. The highest BCUT2D eigenvalue weighted by Gasteiger charge is 2.52. The molecule has 4 bridgehead atoms. The van der Waals surface area contributed by atoms with Crippen LogP contribution in [0.15, 0.2) is 0 Å². The molecule has 3 heterocycles. The normalized spacial score (nSPS) is 49.2. The molecule has 4 fully saturated rings. The third-order valence-corrected chi connectivity index (χ3v) is 4.72. The Morgan fingerprint density at radius 3 is 2.73 bits per heavy atom. The summed E-state index contributed by atoms with van der Waals surface area (Å²) in [5.41, 5.74) is 0. The Bertz CT molecular complexity index is 251. The van der Waals surface area contributed by atoms with E-state index in [4.69, 9.17) is 0 Å². The summed E-state index contributed by atoms with van der Waals surface area (Å²) in [4.78, 5) is 2.79. The molecule has 3 aliphatic heterocycles. The first-order valence-corrected chi connectivity index (χ1v) is 6.65. The fourth-order valence-corrected chi connectivity index (χ4v) is 4.45. The number of nitrogens with zero attached hydrogens (tertiary/aromatic N) is 1. The van der Waals surface area contributed by atoms with Gasteiger partial charge < -0.3 is 5.32 Å². The van der Waals surface area contributed by atoms with Crippen LogP contribution in [0, 0.1) is 17.8 Å².